The van der Waals surface area contributed by atoms with Crippen molar-refractivity contribution in [1.29, 1.82) is 0 Å². The second-order valence-corrected chi connectivity index (χ2v) is 7.56. The summed E-state index contributed by atoms with van der Waals surface area (Å²) < 4.78 is 8.83. The quantitative estimate of drug-likeness (QED) is 0.558. The Morgan fingerprint density at radius 3 is 2.74 bits per heavy atom. The number of amides is 1. The van der Waals surface area contributed by atoms with Crippen LogP contribution in [0.1, 0.15) is 37.1 Å². The lowest BCUT2D eigenvalue weighted by molar-refractivity contribution is 0.0107. The van der Waals surface area contributed by atoms with E-state index in [0.717, 1.165) is 48.3 Å². The molecule has 1 aliphatic rings. The van der Waals surface area contributed by atoms with Gasteiger partial charge < -0.3 is 9.64 Å². The van der Waals surface area contributed by atoms with Gasteiger partial charge in [-0.15, -0.1) is 0 Å². The Morgan fingerprint density at radius 2 is 2.07 bits per heavy atom. The second kappa shape index (κ2) is 9.24. The molecule has 1 amide bonds. The summed E-state index contributed by atoms with van der Waals surface area (Å²) in [5.41, 5.74) is 4.42. The van der Waals surface area contributed by atoms with E-state index >= 15 is 0 Å². The van der Waals surface area contributed by atoms with Crippen LogP contribution < -0.4 is 4.72 Å². The van der Waals surface area contributed by atoms with E-state index in [4.69, 9.17) is 4.74 Å². The molecule has 2 atom stereocenters. The summed E-state index contributed by atoms with van der Waals surface area (Å²) in [6.45, 7) is 5.63. The highest BCUT2D eigenvalue weighted by Crippen LogP contribution is 2.28. The molecular weight excluding hydrogens is 358 g/mol. The second-order valence-electron chi connectivity index (χ2n) is 6.86. The number of rotatable bonds is 7. The number of benzene rings is 1. The fourth-order valence-electron chi connectivity index (χ4n) is 3.38. The molecule has 144 valence electrons. The summed E-state index contributed by atoms with van der Waals surface area (Å²) in [4.78, 5) is 18.5. The van der Waals surface area contributed by atoms with Crippen LogP contribution in [0.25, 0.3) is 11.1 Å². The Morgan fingerprint density at radius 1 is 1.30 bits per heavy atom. The predicted octanol–water partition coefficient (Wildman–Crippen LogP) is 4.59. The summed E-state index contributed by atoms with van der Waals surface area (Å²) in [7, 11) is 0. The first-order valence-electron chi connectivity index (χ1n) is 9.34. The van der Waals surface area contributed by atoms with Crippen LogP contribution in [-0.4, -0.2) is 41.4 Å². The number of carbonyl (C=O) groups is 1. The molecule has 1 fully saturated rings. The van der Waals surface area contributed by atoms with Crippen molar-refractivity contribution in [3.63, 3.8) is 0 Å². The molecule has 0 radical (unpaired) electrons. The summed E-state index contributed by atoms with van der Waals surface area (Å²) in [6, 6.07) is 12.5. The molecule has 0 bridgehead atoms. The van der Waals surface area contributed by atoms with E-state index in [0.29, 0.717) is 0 Å². The van der Waals surface area contributed by atoms with Crippen molar-refractivity contribution < 1.29 is 9.53 Å². The molecule has 2 unspecified atom stereocenters. The minimum Gasteiger partial charge on any atom is -0.446 e. The van der Waals surface area contributed by atoms with Gasteiger partial charge in [-0.3, -0.25) is 9.71 Å². The van der Waals surface area contributed by atoms with Crippen LogP contribution in [0.4, 0.5) is 4.79 Å². The highest BCUT2D eigenvalue weighted by molar-refractivity contribution is 7.96. The normalized spacial score (nSPS) is 18.3. The number of aromatic nitrogens is 1. The smallest absolute Gasteiger partial charge is 0.410 e. The largest absolute Gasteiger partial charge is 0.446 e. The van der Waals surface area contributed by atoms with Crippen molar-refractivity contribution >= 4 is 18.0 Å². The summed E-state index contributed by atoms with van der Waals surface area (Å²) >= 11 is 1.59. The van der Waals surface area contributed by atoms with Gasteiger partial charge in [-0.05, 0) is 55.3 Å². The van der Waals surface area contributed by atoms with E-state index < -0.39 is 0 Å². The Kier molecular flexibility index (Phi) is 6.74. The number of carbonyl (C=O) groups excluding carboxylic acids is 1. The molecule has 2 aromatic rings. The van der Waals surface area contributed by atoms with Gasteiger partial charge in [0, 0.05) is 31.4 Å². The average molecular weight is 386 g/mol. The number of nitrogens with zero attached hydrogens (tertiary/aromatic N) is 2. The molecule has 3 rings (SSSR count). The van der Waals surface area contributed by atoms with Gasteiger partial charge in [0.15, 0.2) is 0 Å². The van der Waals surface area contributed by atoms with Crippen LogP contribution >= 0.6 is 11.9 Å². The van der Waals surface area contributed by atoms with Crippen molar-refractivity contribution in [3.05, 3.63) is 53.9 Å². The van der Waals surface area contributed by atoms with Gasteiger partial charge in [-0.2, -0.15) is 0 Å². The zero-order valence-electron chi connectivity index (χ0n) is 16.1. The number of ether oxygens (including phenoxy) is 1. The molecule has 0 saturated carbocycles. The van der Waals surface area contributed by atoms with Crippen molar-refractivity contribution in [1.82, 2.24) is 14.6 Å². The van der Waals surface area contributed by atoms with Crippen molar-refractivity contribution in [3.8, 4) is 11.1 Å². The zero-order chi connectivity index (χ0) is 19.2. The number of nitrogens with one attached hydrogen (secondary N) is 1. The lowest BCUT2D eigenvalue weighted by atomic mass is 10.0. The average Bonchev–Trinajstić information content (AvgIpc) is 2.68. The minimum atomic E-state index is -0.211. The van der Waals surface area contributed by atoms with Crippen molar-refractivity contribution in [2.75, 3.05) is 19.3 Å². The van der Waals surface area contributed by atoms with Gasteiger partial charge in [-0.25, -0.2) is 4.79 Å². The molecule has 1 aliphatic heterocycles. The van der Waals surface area contributed by atoms with Crippen LogP contribution in [0, 0.1) is 6.92 Å². The van der Waals surface area contributed by atoms with E-state index in [9.17, 15) is 4.79 Å². The summed E-state index contributed by atoms with van der Waals surface area (Å²) in [5.74, 6) is 0. The lowest BCUT2D eigenvalue weighted by Crippen LogP contribution is -2.43. The topological polar surface area (TPSA) is 54.5 Å². The van der Waals surface area contributed by atoms with Crippen LogP contribution in [0.2, 0.25) is 0 Å². The van der Waals surface area contributed by atoms with Crippen LogP contribution in [0.3, 0.4) is 0 Å². The Hall–Kier alpha value is -2.05. The minimum absolute atomic E-state index is 0.00371. The maximum atomic E-state index is 12.4. The number of hydrogen-bond acceptors (Lipinski definition) is 5. The summed E-state index contributed by atoms with van der Waals surface area (Å²) in [5, 5.41) is 0. The van der Waals surface area contributed by atoms with Crippen molar-refractivity contribution in [2.45, 2.75) is 38.8 Å². The molecule has 2 heterocycles. The number of hydrogen-bond donors (Lipinski definition) is 1. The number of aryl methyl sites for hydroxylation is 1. The maximum absolute atomic E-state index is 12.4. The fourth-order valence-corrected chi connectivity index (χ4v) is 3.70. The van der Waals surface area contributed by atoms with Gasteiger partial charge in [-0.1, -0.05) is 36.2 Å². The third kappa shape index (κ3) is 5.02. The van der Waals surface area contributed by atoms with E-state index in [2.05, 4.69) is 47.0 Å². The van der Waals surface area contributed by atoms with Crippen LogP contribution in [0.5, 0.6) is 0 Å². The van der Waals surface area contributed by atoms with E-state index in [-0.39, 0.29) is 18.2 Å². The first-order chi connectivity index (χ1) is 13.1. The SMILES string of the molecule is CSNCCC1CCN(C(C)c2ccc(-c3ccnc(C)c3)cc2)C(=O)O1. The van der Waals surface area contributed by atoms with Crippen LogP contribution in [-0.2, 0) is 4.74 Å². The van der Waals surface area contributed by atoms with Crippen molar-refractivity contribution in [2.24, 2.45) is 0 Å². The standard InChI is InChI=1S/C21H27N3O2S/c1-15-14-19(8-11-22-15)18-6-4-17(5-7-18)16(2)24-13-10-20(26-21(24)25)9-12-23-27-3/h4-8,11,14,16,20,23H,9-10,12-13H2,1-3H3. The number of pyridine rings is 1. The van der Waals surface area contributed by atoms with Gasteiger partial charge in [0.1, 0.15) is 6.10 Å². The van der Waals surface area contributed by atoms with Gasteiger partial charge in [0.25, 0.3) is 0 Å². The van der Waals surface area contributed by atoms with Gasteiger partial charge in [0.05, 0.1) is 6.04 Å². The first-order valence-corrected chi connectivity index (χ1v) is 10.6. The molecule has 1 aromatic carbocycles. The lowest BCUT2D eigenvalue weighted by Gasteiger charge is -2.36. The molecular formula is C21H27N3O2S. The Bertz CT molecular complexity index is 766. The predicted molar refractivity (Wildman–Crippen MR) is 111 cm³/mol. The highest BCUT2D eigenvalue weighted by atomic mass is 32.2. The molecule has 6 heteroatoms. The summed E-state index contributed by atoms with van der Waals surface area (Å²) in [6.07, 6.45) is 5.36. The Balaban J connectivity index is 1.62. The first kappa shape index (κ1) is 19.7. The van der Waals surface area contributed by atoms with E-state index in [1.54, 1.807) is 11.9 Å². The molecule has 1 N–H and O–H groups in total. The molecule has 27 heavy (non-hydrogen) atoms. The third-order valence-corrected chi connectivity index (χ3v) is 5.49. The third-order valence-electron chi connectivity index (χ3n) is 5.00. The molecule has 1 saturated heterocycles. The number of cyclic esters (lactones) is 1. The zero-order valence-corrected chi connectivity index (χ0v) is 17.0. The monoisotopic (exact) mass is 385 g/mol. The van der Waals surface area contributed by atoms with E-state index in [1.165, 1.54) is 0 Å². The fraction of sp³-hybridized carbons (Fsp3) is 0.429. The maximum Gasteiger partial charge on any atom is 0.410 e. The molecule has 0 aliphatic carbocycles. The highest BCUT2D eigenvalue weighted by Gasteiger charge is 2.30. The Labute approximate surface area is 165 Å². The molecule has 5 nitrogen and oxygen atoms in total. The van der Waals surface area contributed by atoms with Gasteiger partial charge in [0.2, 0.25) is 0 Å². The van der Waals surface area contributed by atoms with Gasteiger partial charge >= 0.3 is 6.09 Å². The van der Waals surface area contributed by atoms with E-state index in [1.807, 2.05) is 30.3 Å². The van der Waals surface area contributed by atoms with Crippen LogP contribution in [0.15, 0.2) is 42.6 Å². The molecule has 1 aromatic heterocycles. The molecule has 0 spiro atoms.